The van der Waals surface area contributed by atoms with E-state index in [0.29, 0.717) is 24.6 Å². The first-order valence-electron chi connectivity index (χ1n) is 8.11. The van der Waals surface area contributed by atoms with Crippen LogP contribution in [0.15, 0.2) is 29.4 Å². The maximum Gasteiger partial charge on any atom is 0.264 e. The number of hydrogen-bond acceptors (Lipinski definition) is 5. The van der Waals surface area contributed by atoms with Gasteiger partial charge >= 0.3 is 0 Å². The zero-order valence-electron chi connectivity index (χ0n) is 14.4. The lowest BCUT2D eigenvalue weighted by atomic mass is 9.94. The van der Waals surface area contributed by atoms with Gasteiger partial charge in [0.1, 0.15) is 17.5 Å². The average Bonchev–Trinajstić information content (AvgIpc) is 3.10. The lowest BCUT2D eigenvalue weighted by Gasteiger charge is -2.14. The first kappa shape index (κ1) is 17.1. The largest absolute Gasteiger partial charge is 0.381 e. The quantitative estimate of drug-likeness (QED) is 0.892. The number of halogens is 1. The van der Waals surface area contributed by atoms with Crippen LogP contribution in [0.25, 0.3) is 0 Å². The van der Waals surface area contributed by atoms with Crippen LogP contribution < -0.4 is 5.32 Å². The molecular formula is C17H20FN5O2. The maximum absolute atomic E-state index is 13.0. The van der Waals surface area contributed by atoms with Crippen molar-refractivity contribution in [2.45, 2.75) is 33.4 Å². The molecule has 2 atom stereocenters. The molecule has 25 heavy (non-hydrogen) atoms. The van der Waals surface area contributed by atoms with Gasteiger partial charge in [-0.3, -0.25) is 4.79 Å². The topological polar surface area (TPSA) is 81.4 Å². The second-order valence-electron chi connectivity index (χ2n) is 6.02. The van der Waals surface area contributed by atoms with Gasteiger partial charge in [0.15, 0.2) is 0 Å². The van der Waals surface area contributed by atoms with Gasteiger partial charge in [0.25, 0.3) is 5.91 Å². The number of nitrogens with zero attached hydrogens (tertiary/aromatic N) is 4. The summed E-state index contributed by atoms with van der Waals surface area (Å²) in [4.78, 5) is 21.9. The first-order chi connectivity index (χ1) is 12.0. The van der Waals surface area contributed by atoms with E-state index in [-0.39, 0.29) is 17.6 Å². The molecule has 0 spiro atoms. The van der Waals surface area contributed by atoms with Gasteiger partial charge in [-0.25, -0.2) is 14.1 Å². The Morgan fingerprint density at radius 2 is 2.04 bits per heavy atom. The van der Waals surface area contributed by atoms with Crippen LogP contribution in [-0.2, 0) is 16.2 Å². The van der Waals surface area contributed by atoms with E-state index >= 15 is 0 Å². The number of carbonyl (C=O) groups excluding carboxylic acids is 1. The Balaban J connectivity index is 1.55. The predicted molar refractivity (Wildman–Crippen MR) is 89.5 cm³/mol. The summed E-state index contributed by atoms with van der Waals surface area (Å²) >= 11 is 0. The second-order valence-corrected chi connectivity index (χ2v) is 6.02. The van der Waals surface area contributed by atoms with Crippen LogP contribution in [-0.4, -0.2) is 39.0 Å². The van der Waals surface area contributed by atoms with E-state index in [9.17, 15) is 9.18 Å². The highest BCUT2D eigenvalue weighted by Crippen LogP contribution is 2.23. The molecule has 3 rings (SSSR count). The van der Waals surface area contributed by atoms with Gasteiger partial charge in [0, 0.05) is 6.54 Å². The van der Waals surface area contributed by atoms with Crippen LogP contribution in [0.4, 0.5) is 4.39 Å². The molecule has 2 aromatic rings. The highest BCUT2D eigenvalue weighted by Gasteiger charge is 2.36. The van der Waals surface area contributed by atoms with Crippen molar-refractivity contribution in [3.8, 4) is 0 Å². The average molecular weight is 345 g/mol. The molecule has 0 bridgehead atoms. The predicted octanol–water partition coefficient (Wildman–Crippen LogP) is 1.59. The molecule has 0 radical (unpaired) electrons. The summed E-state index contributed by atoms with van der Waals surface area (Å²) in [5, 5.41) is 11.1. The van der Waals surface area contributed by atoms with Crippen molar-refractivity contribution in [1.29, 1.82) is 0 Å². The van der Waals surface area contributed by atoms with Crippen molar-refractivity contribution in [3.05, 3.63) is 47.3 Å². The number of rotatable bonds is 5. The van der Waals surface area contributed by atoms with Gasteiger partial charge in [-0.2, -0.15) is 5.10 Å². The second kappa shape index (κ2) is 7.00. The molecule has 8 heteroatoms. The summed E-state index contributed by atoms with van der Waals surface area (Å²) in [6.45, 7) is 6.51. The minimum absolute atomic E-state index is 0.221. The molecule has 1 amide bonds. The Kier molecular flexibility index (Phi) is 4.78. The van der Waals surface area contributed by atoms with Crippen LogP contribution in [0, 0.1) is 25.6 Å². The number of carbonyl (C=O) groups is 1. The molecule has 1 N–H and O–H groups in total. The number of oxime groups is 1. The standard InChI is InChI=1S/C17H20FN5O2/c1-10-15(13-4-6-14(18)7-5-13)22-25-16(10)17(24)19-8-9-23-12(3)20-11(2)21-23/h4-7,10,16H,8-9H2,1-3H3,(H,19,24)/t10-,16-/m0/s1. The number of amides is 1. The molecule has 0 unspecified atom stereocenters. The lowest BCUT2D eigenvalue weighted by Crippen LogP contribution is -2.40. The van der Waals surface area contributed by atoms with Crippen molar-refractivity contribution in [1.82, 2.24) is 20.1 Å². The minimum atomic E-state index is -0.696. The van der Waals surface area contributed by atoms with Crippen molar-refractivity contribution in [3.63, 3.8) is 0 Å². The fraction of sp³-hybridized carbons (Fsp3) is 0.412. The Hall–Kier alpha value is -2.77. The molecule has 1 aromatic heterocycles. The van der Waals surface area contributed by atoms with Crippen LogP contribution in [0.1, 0.15) is 24.1 Å². The number of aromatic nitrogens is 3. The molecule has 1 aromatic carbocycles. The SMILES string of the molecule is Cc1nc(C)n(CCNC(=O)[C@H]2ON=C(c3ccc(F)cc3)[C@@H]2C)n1. The Bertz CT molecular complexity index is 800. The summed E-state index contributed by atoms with van der Waals surface area (Å²) < 4.78 is 14.8. The summed E-state index contributed by atoms with van der Waals surface area (Å²) in [7, 11) is 0. The van der Waals surface area contributed by atoms with E-state index in [1.165, 1.54) is 12.1 Å². The first-order valence-corrected chi connectivity index (χ1v) is 8.11. The molecule has 132 valence electrons. The molecule has 0 aliphatic carbocycles. The van der Waals surface area contributed by atoms with Crippen molar-refractivity contribution in [2.24, 2.45) is 11.1 Å². The maximum atomic E-state index is 13.0. The molecule has 0 saturated heterocycles. The van der Waals surface area contributed by atoms with Crippen molar-refractivity contribution in [2.75, 3.05) is 6.54 Å². The fourth-order valence-electron chi connectivity index (χ4n) is 2.80. The number of nitrogens with one attached hydrogen (secondary N) is 1. The van der Waals surface area contributed by atoms with Gasteiger partial charge in [-0.1, -0.05) is 24.2 Å². The smallest absolute Gasteiger partial charge is 0.264 e. The number of hydrogen-bond donors (Lipinski definition) is 1. The number of aryl methyl sites for hydroxylation is 2. The summed E-state index contributed by atoms with van der Waals surface area (Å²) in [6, 6.07) is 5.98. The molecule has 1 aliphatic heterocycles. The molecular weight excluding hydrogens is 325 g/mol. The third-order valence-corrected chi connectivity index (χ3v) is 4.13. The normalized spacial score (nSPS) is 19.4. The zero-order chi connectivity index (χ0) is 18.0. The van der Waals surface area contributed by atoms with E-state index in [1.807, 2.05) is 20.8 Å². The Labute approximate surface area is 144 Å². The molecule has 1 aliphatic rings. The summed E-state index contributed by atoms with van der Waals surface area (Å²) in [5.41, 5.74) is 1.39. The third kappa shape index (κ3) is 3.67. The van der Waals surface area contributed by atoms with E-state index in [0.717, 1.165) is 11.4 Å². The van der Waals surface area contributed by atoms with Crippen LogP contribution in [0.5, 0.6) is 0 Å². The van der Waals surface area contributed by atoms with Gasteiger partial charge in [0.2, 0.25) is 6.10 Å². The van der Waals surface area contributed by atoms with E-state index in [1.54, 1.807) is 16.8 Å². The van der Waals surface area contributed by atoms with Crippen LogP contribution >= 0.6 is 0 Å². The van der Waals surface area contributed by atoms with E-state index in [4.69, 9.17) is 4.84 Å². The lowest BCUT2D eigenvalue weighted by molar-refractivity contribution is -0.132. The van der Waals surface area contributed by atoms with E-state index < -0.39 is 6.10 Å². The van der Waals surface area contributed by atoms with E-state index in [2.05, 4.69) is 20.6 Å². The fourth-order valence-corrected chi connectivity index (χ4v) is 2.80. The summed E-state index contributed by atoms with van der Waals surface area (Å²) in [6.07, 6.45) is -0.696. The molecule has 0 fully saturated rings. The Morgan fingerprint density at radius 3 is 2.68 bits per heavy atom. The van der Waals surface area contributed by atoms with Gasteiger partial charge in [-0.05, 0) is 31.5 Å². The molecule has 2 heterocycles. The molecule has 0 saturated carbocycles. The van der Waals surface area contributed by atoms with Gasteiger partial charge in [0.05, 0.1) is 18.2 Å². The highest BCUT2D eigenvalue weighted by atomic mass is 19.1. The number of benzene rings is 1. The monoisotopic (exact) mass is 345 g/mol. The third-order valence-electron chi connectivity index (χ3n) is 4.13. The molecule has 7 nitrogen and oxygen atoms in total. The minimum Gasteiger partial charge on any atom is -0.381 e. The van der Waals surface area contributed by atoms with Gasteiger partial charge < -0.3 is 10.2 Å². The highest BCUT2D eigenvalue weighted by molar-refractivity contribution is 6.05. The summed E-state index contributed by atoms with van der Waals surface area (Å²) in [5.74, 6) is 0.737. The zero-order valence-corrected chi connectivity index (χ0v) is 14.4. The Morgan fingerprint density at radius 1 is 1.32 bits per heavy atom. The van der Waals surface area contributed by atoms with Crippen LogP contribution in [0.3, 0.4) is 0 Å². The van der Waals surface area contributed by atoms with Crippen molar-refractivity contribution >= 4 is 11.6 Å². The van der Waals surface area contributed by atoms with Gasteiger partial charge in [-0.15, -0.1) is 0 Å². The van der Waals surface area contributed by atoms with Crippen LogP contribution in [0.2, 0.25) is 0 Å². The van der Waals surface area contributed by atoms with Crippen molar-refractivity contribution < 1.29 is 14.0 Å².